The third-order valence-corrected chi connectivity index (χ3v) is 3.77. The lowest BCUT2D eigenvalue weighted by Gasteiger charge is -2.30. The molecule has 1 saturated heterocycles. The molecule has 140 valence electrons. The number of carbonyl (C=O) groups is 2. The molecule has 1 rings (SSSR count). The summed E-state index contributed by atoms with van der Waals surface area (Å²) >= 11 is 0. The summed E-state index contributed by atoms with van der Waals surface area (Å²) in [6.45, 7) is 9.79. The number of aliphatic hydroxyl groups is 1. The van der Waals surface area contributed by atoms with E-state index in [1.54, 1.807) is 0 Å². The lowest BCUT2D eigenvalue weighted by atomic mass is 10.3. The van der Waals surface area contributed by atoms with Crippen molar-refractivity contribution in [3.05, 3.63) is 12.3 Å². The molecule has 1 aliphatic rings. The number of aliphatic carboxylic acids is 1. The van der Waals surface area contributed by atoms with Crippen molar-refractivity contribution in [1.29, 1.82) is 0 Å². The molecule has 0 amide bonds. The normalized spacial score (nSPS) is 19.5. The molecule has 1 fully saturated rings. The van der Waals surface area contributed by atoms with Gasteiger partial charge in [0.05, 0.1) is 25.4 Å². The Kier molecular flexibility index (Phi) is 12.1. The highest BCUT2D eigenvalue weighted by molar-refractivity contribution is 5.69. The van der Waals surface area contributed by atoms with Gasteiger partial charge in [-0.05, 0) is 0 Å². The molecule has 24 heavy (non-hydrogen) atoms. The molecular formula is C16H32N4O4. The maximum absolute atomic E-state index is 10.9. The van der Waals surface area contributed by atoms with Crippen LogP contribution in [-0.2, 0) is 9.59 Å². The molecule has 0 atom stereocenters. The number of carbonyl (C=O) groups excluding carboxylic acids is 1. The standard InChI is InChI=1S/C15H28N4O4.CH4/c1-14(21)12-18-4-2-16-3-5-19(13-15(22)23)9-7-17(6-8-18)10-11-20;/h11,16,21H,1-10,12-13H2,(H,22,23);1H4. The van der Waals surface area contributed by atoms with E-state index in [1.807, 2.05) is 9.80 Å². The largest absolute Gasteiger partial charge is 0.512 e. The predicted molar refractivity (Wildman–Crippen MR) is 94.4 cm³/mol. The van der Waals surface area contributed by atoms with Crippen LogP contribution in [0, 0.1) is 0 Å². The van der Waals surface area contributed by atoms with Crippen molar-refractivity contribution in [2.75, 3.05) is 72.0 Å². The van der Waals surface area contributed by atoms with E-state index in [0.29, 0.717) is 52.4 Å². The molecule has 3 N–H and O–H groups in total. The van der Waals surface area contributed by atoms with Gasteiger partial charge in [-0.1, -0.05) is 14.0 Å². The highest BCUT2D eigenvalue weighted by atomic mass is 16.4. The minimum atomic E-state index is -0.841. The summed E-state index contributed by atoms with van der Waals surface area (Å²) in [5, 5.41) is 21.7. The zero-order chi connectivity index (χ0) is 17.1. The van der Waals surface area contributed by atoms with Gasteiger partial charge in [0.15, 0.2) is 0 Å². The first kappa shape index (κ1) is 22.5. The van der Waals surface area contributed by atoms with Crippen LogP contribution in [0.5, 0.6) is 0 Å². The monoisotopic (exact) mass is 344 g/mol. The SMILES string of the molecule is C.C=C(O)CN1CCNCCN(CC(=O)O)CCN(CC=O)CC1. The van der Waals surface area contributed by atoms with E-state index in [1.165, 1.54) is 0 Å². The number of carboxylic acid groups (broad SMARTS) is 1. The summed E-state index contributed by atoms with van der Waals surface area (Å²) in [5.74, 6) is -0.710. The Morgan fingerprint density at radius 2 is 1.46 bits per heavy atom. The second-order valence-corrected chi connectivity index (χ2v) is 5.73. The lowest BCUT2D eigenvalue weighted by molar-refractivity contribution is -0.138. The van der Waals surface area contributed by atoms with Gasteiger partial charge in [-0.3, -0.25) is 19.5 Å². The van der Waals surface area contributed by atoms with E-state index < -0.39 is 5.97 Å². The van der Waals surface area contributed by atoms with Crippen molar-refractivity contribution in [3.63, 3.8) is 0 Å². The Labute approximate surface area is 144 Å². The van der Waals surface area contributed by atoms with Crippen molar-refractivity contribution in [1.82, 2.24) is 20.0 Å². The number of nitrogens with zero attached hydrogens (tertiary/aromatic N) is 3. The molecule has 0 saturated carbocycles. The van der Waals surface area contributed by atoms with Gasteiger partial charge in [-0.25, -0.2) is 0 Å². The fraction of sp³-hybridized carbons (Fsp3) is 0.750. The van der Waals surface area contributed by atoms with Crippen molar-refractivity contribution < 1.29 is 19.8 Å². The zero-order valence-corrected chi connectivity index (χ0v) is 13.6. The van der Waals surface area contributed by atoms with E-state index in [2.05, 4.69) is 16.8 Å². The third kappa shape index (κ3) is 10.3. The summed E-state index contributed by atoms with van der Waals surface area (Å²) in [5.41, 5.74) is 0. The molecule has 0 aromatic rings. The highest BCUT2D eigenvalue weighted by Crippen LogP contribution is 1.98. The van der Waals surface area contributed by atoms with Gasteiger partial charge in [0.1, 0.15) is 6.29 Å². The fourth-order valence-corrected chi connectivity index (χ4v) is 2.55. The van der Waals surface area contributed by atoms with Gasteiger partial charge in [-0.2, -0.15) is 0 Å². The molecule has 0 bridgehead atoms. The van der Waals surface area contributed by atoms with Gasteiger partial charge in [-0.15, -0.1) is 0 Å². The second kappa shape index (κ2) is 12.9. The van der Waals surface area contributed by atoms with Crippen LogP contribution in [0.1, 0.15) is 7.43 Å². The minimum absolute atomic E-state index is 0. The van der Waals surface area contributed by atoms with Crippen LogP contribution in [0.25, 0.3) is 0 Å². The van der Waals surface area contributed by atoms with Gasteiger partial charge in [0.25, 0.3) is 0 Å². The van der Waals surface area contributed by atoms with Gasteiger partial charge in [0.2, 0.25) is 0 Å². The number of aldehydes is 1. The second-order valence-electron chi connectivity index (χ2n) is 5.73. The highest BCUT2D eigenvalue weighted by Gasteiger charge is 2.15. The van der Waals surface area contributed by atoms with Crippen LogP contribution in [-0.4, -0.2) is 109 Å². The molecule has 0 radical (unpaired) electrons. The summed E-state index contributed by atoms with van der Waals surface area (Å²) in [4.78, 5) is 27.7. The van der Waals surface area contributed by atoms with E-state index in [4.69, 9.17) is 5.11 Å². The van der Waals surface area contributed by atoms with Crippen LogP contribution in [0.3, 0.4) is 0 Å². The van der Waals surface area contributed by atoms with Gasteiger partial charge >= 0.3 is 5.97 Å². The molecule has 0 unspecified atom stereocenters. The summed E-state index contributed by atoms with van der Waals surface area (Å²) in [6.07, 6.45) is 0.865. The quantitative estimate of drug-likeness (QED) is 0.438. The molecule has 1 heterocycles. The Morgan fingerprint density at radius 1 is 0.958 bits per heavy atom. The minimum Gasteiger partial charge on any atom is -0.512 e. The van der Waals surface area contributed by atoms with Crippen LogP contribution >= 0.6 is 0 Å². The van der Waals surface area contributed by atoms with E-state index >= 15 is 0 Å². The first-order valence-corrected chi connectivity index (χ1v) is 7.91. The van der Waals surface area contributed by atoms with Crippen LogP contribution in [0.2, 0.25) is 0 Å². The van der Waals surface area contributed by atoms with Crippen LogP contribution < -0.4 is 5.32 Å². The molecular weight excluding hydrogens is 312 g/mol. The number of carboxylic acids is 1. The van der Waals surface area contributed by atoms with E-state index in [0.717, 1.165) is 19.4 Å². The predicted octanol–water partition coefficient (Wildman–Crippen LogP) is -0.513. The van der Waals surface area contributed by atoms with Crippen LogP contribution in [0.15, 0.2) is 12.3 Å². The maximum atomic E-state index is 10.9. The lowest BCUT2D eigenvalue weighted by Crippen LogP contribution is -2.46. The van der Waals surface area contributed by atoms with Crippen molar-refractivity contribution in [2.24, 2.45) is 0 Å². The third-order valence-electron chi connectivity index (χ3n) is 3.77. The first-order chi connectivity index (χ1) is 11.0. The molecule has 0 spiro atoms. The Balaban J connectivity index is 0.00000529. The van der Waals surface area contributed by atoms with Crippen molar-refractivity contribution in [2.45, 2.75) is 7.43 Å². The fourth-order valence-electron chi connectivity index (χ4n) is 2.55. The topological polar surface area (TPSA) is 96.3 Å². The van der Waals surface area contributed by atoms with Crippen LogP contribution in [0.4, 0.5) is 0 Å². The smallest absolute Gasteiger partial charge is 0.317 e. The molecule has 8 nitrogen and oxygen atoms in total. The van der Waals surface area contributed by atoms with Gasteiger partial charge < -0.3 is 20.3 Å². The van der Waals surface area contributed by atoms with Gasteiger partial charge in [0, 0.05) is 52.4 Å². The zero-order valence-electron chi connectivity index (χ0n) is 13.6. The number of hydrogen-bond donors (Lipinski definition) is 3. The molecule has 0 aliphatic carbocycles. The number of aliphatic hydroxyl groups excluding tert-OH is 1. The Hall–Kier alpha value is -1.48. The molecule has 1 aliphatic heterocycles. The number of hydrogen-bond acceptors (Lipinski definition) is 7. The summed E-state index contributed by atoms with van der Waals surface area (Å²) in [7, 11) is 0. The molecule has 0 aromatic carbocycles. The summed E-state index contributed by atoms with van der Waals surface area (Å²) in [6, 6.07) is 0. The average molecular weight is 344 g/mol. The molecule has 8 heteroatoms. The Morgan fingerprint density at radius 3 is 1.92 bits per heavy atom. The number of rotatable bonds is 6. The number of nitrogens with one attached hydrogen (secondary N) is 1. The van der Waals surface area contributed by atoms with Crippen molar-refractivity contribution in [3.8, 4) is 0 Å². The van der Waals surface area contributed by atoms with Crippen molar-refractivity contribution >= 4 is 12.3 Å². The first-order valence-electron chi connectivity index (χ1n) is 7.91. The van der Waals surface area contributed by atoms with E-state index in [9.17, 15) is 14.7 Å². The summed E-state index contributed by atoms with van der Waals surface area (Å²) < 4.78 is 0. The maximum Gasteiger partial charge on any atom is 0.317 e. The molecule has 0 aromatic heterocycles. The Bertz CT molecular complexity index is 362. The average Bonchev–Trinajstić information content (AvgIpc) is 2.46. The van der Waals surface area contributed by atoms with E-state index in [-0.39, 0.29) is 19.7 Å².